The first-order valence-corrected chi connectivity index (χ1v) is 8.95. The van der Waals surface area contributed by atoms with Crippen LogP contribution in [0.5, 0.6) is 5.75 Å². The fraction of sp³-hybridized carbons (Fsp3) is 0.368. The highest BCUT2D eigenvalue weighted by Gasteiger charge is 2.09. The van der Waals surface area contributed by atoms with Crippen molar-refractivity contribution in [2.75, 3.05) is 18.5 Å². The number of pyridine rings is 1. The van der Waals surface area contributed by atoms with E-state index in [1.807, 2.05) is 0 Å². The third-order valence-electron chi connectivity index (χ3n) is 3.83. The second kappa shape index (κ2) is 9.87. The molecule has 0 unspecified atom stereocenters. The topological polar surface area (TPSA) is 80.6 Å². The number of ether oxygens (including phenoxy) is 1. The fourth-order valence-corrected chi connectivity index (χ4v) is 2.70. The van der Waals surface area contributed by atoms with Crippen molar-refractivity contribution >= 4 is 23.3 Å². The van der Waals surface area contributed by atoms with Crippen LogP contribution < -0.4 is 15.6 Å². The molecule has 1 heterocycles. The summed E-state index contributed by atoms with van der Waals surface area (Å²) in [6.07, 6.45) is 4.85. The molecule has 0 saturated heterocycles. The van der Waals surface area contributed by atoms with E-state index in [4.69, 9.17) is 21.4 Å². The second-order valence-electron chi connectivity index (χ2n) is 5.91. The van der Waals surface area contributed by atoms with Crippen molar-refractivity contribution in [3.8, 4) is 5.75 Å². The summed E-state index contributed by atoms with van der Waals surface area (Å²) in [7, 11) is 0. The molecule has 2 rings (SSSR count). The molecule has 0 fully saturated rings. The molecule has 0 aliphatic carbocycles. The van der Waals surface area contributed by atoms with Crippen LogP contribution in [0.15, 0.2) is 41.3 Å². The number of aliphatic carboxylic acids is 1. The summed E-state index contributed by atoms with van der Waals surface area (Å²) < 4.78 is 7.12. The van der Waals surface area contributed by atoms with Crippen molar-refractivity contribution in [2.24, 2.45) is 0 Å². The maximum absolute atomic E-state index is 12.3. The maximum atomic E-state index is 12.3. The lowest BCUT2D eigenvalue weighted by Crippen LogP contribution is -2.20. The van der Waals surface area contributed by atoms with E-state index in [2.05, 4.69) is 12.2 Å². The van der Waals surface area contributed by atoms with Gasteiger partial charge in [0.2, 0.25) is 0 Å². The molecular formula is C19H23ClN2O4. The van der Waals surface area contributed by atoms with Gasteiger partial charge in [0, 0.05) is 12.3 Å². The molecule has 1 aromatic heterocycles. The molecule has 0 aliphatic rings. The highest BCUT2D eigenvalue weighted by atomic mass is 35.5. The summed E-state index contributed by atoms with van der Waals surface area (Å²) in [4.78, 5) is 23.0. The lowest BCUT2D eigenvalue weighted by molar-refractivity contribution is -0.134. The molecule has 0 saturated carbocycles. The van der Waals surface area contributed by atoms with Crippen LogP contribution in [-0.4, -0.2) is 28.8 Å². The van der Waals surface area contributed by atoms with E-state index in [0.717, 1.165) is 24.8 Å². The fourth-order valence-electron chi connectivity index (χ4n) is 2.44. The van der Waals surface area contributed by atoms with Crippen LogP contribution in [0, 0.1) is 0 Å². The van der Waals surface area contributed by atoms with Crippen LogP contribution in [-0.2, 0) is 11.3 Å². The molecule has 0 spiro atoms. The lowest BCUT2D eigenvalue weighted by Gasteiger charge is -2.12. The average Bonchev–Trinajstić information content (AvgIpc) is 2.61. The van der Waals surface area contributed by atoms with Gasteiger partial charge in [0.15, 0.2) is 0 Å². The van der Waals surface area contributed by atoms with Crippen LogP contribution in [0.3, 0.4) is 0 Å². The minimum absolute atomic E-state index is 0.182. The van der Waals surface area contributed by atoms with Gasteiger partial charge in [-0.25, -0.2) is 0 Å². The molecule has 1 aromatic carbocycles. The van der Waals surface area contributed by atoms with E-state index in [-0.39, 0.29) is 18.6 Å². The lowest BCUT2D eigenvalue weighted by atomic mass is 10.2. The molecule has 140 valence electrons. The van der Waals surface area contributed by atoms with Gasteiger partial charge in [-0.05, 0) is 24.1 Å². The van der Waals surface area contributed by atoms with E-state index < -0.39 is 5.97 Å². The van der Waals surface area contributed by atoms with E-state index in [1.54, 1.807) is 30.5 Å². The maximum Gasteiger partial charge on any atom is 0.322 e. The zero-order valence-electron chi connectivity index (χ0n) is 14.7. The smallest absolute Gasteiger partial charge is 0.322 e. The van der Waals surface area contributed by atoms with Crippen molar-refractivity contribution in [3.05, 3.63) is 57.5 Å². The van der Waals surface area contributed by atoms with Gasteiger partial charge in [-0.3, -0.25) is 9.59 Å². The van der Waals surface area contributed by atoms with E-state index in [0.29, 0.717) is 23.1 Å². The molecule has 0 radical (unpaired) electrons. The first kappa shape index (κ1) is 19.8. The van der Waals surface area contributed by atoms with Crippen LogP contribution in [0.2, 0.25) is 5.02 Å². The number of carboxylic acids is 1. The van der Waals surface area contributed by atoms with Gasteiger partial charge in [0.1, 0.15) is 12.3 Å². The van der Waals surface area contributed by atoms with Gasteiger partial charge >= 0.3 is 5.97 Å². The zero-order valence-corrected chi connectivity index (χ0v) is 15.5. The monoisotopic (exact) mass is 378 g/mol. The minimum Gasteiger partial charge on any atom is -0.493 e. The Morgan fingerprint density at radius 1 is 1.31 bits per heavy atom. The Kier molecular flexibility index (Phi) is 7.53. The minimum atomic E-state index is -0.975. The molecule has 2 aromatic rings. The number of aromatic nitrogens is 1. The summed E-state index contributed by atoms with van der Waals surface area (Å²) in [5.41, 5.74) is 1.06. The van der Waals surface area contributed by atoms with Gasteiger partial charge in [0.05, 0.1) is 23.9 Å². The Hall–Kier alpha value is -2.47. The first-order valence-electron chi connectivity index (χ1n) is 8.57. The predicted octanol–water partition coefficient (Wildman–Crippen LogP) is 3.62. The standard InChI is InChI=1S/C19H23ClN2O4/c1-2-3-4-10-26-15-8-9-22(17(23)11-15)13-14-6-5-7-16(19(14)20)21-12-18(24)25/h5-9,11,21H,2-4,10,12-13H2,1H3,(H,24,25). The molecule has 0 aliphatic heterocycles. The van der Waals surface area contributed by atoms with Gasteiger partial charge in [-0.15, -0.1) is 0 Å². The number of hydrogen-bond donors (Lipinski definition) is 2. The summed E-state index contributed by atoms with van der Waals surface area (Å²) in [5.74, 6) is -0.414. The normalized spacial score (nSPS) is 10.5. The summed E-state index contributed by atoms with van der Waals surface area (Å²) >= 11 is 6.33. The van der Waals surface area contributed by atoms with E-state index in [1.165, 1.54) is 10.6 Å². The van der Waals surface area contributed by atoms with Crippen molar-refractivity contribution in [1.82, 2.24) is 4.57 Å². The molecule has 0 atom stereocenters. The van der Waals surface area contributed by atoms with Crippen LogP contribution in [0.4, 0.5) is 5.69 Å². The van der Waals surface area contributed by atoms with Crippen LogP contribution >= 0.6 is 11.6 Å². The number of carbonyl (C=O) groups is 1. The van der Waals surface area contributed by atoms with E-state index in [9.17, 15) is 9.59 Å². The van der Waals surface area contributed by atoms with Gasteiger partial charge < -0.3 is 19.7 Å². The summed E-state index contributed by atoms with van der Waals surface area (Å²) in [5, 5.41) is 11.9. The largest absolute Gasteiger partial charge is 0.493 e. The number of hydrogen-bond acceptors (Lipinski definition) is 4. The van der Waals surface area contributed by atoms with Crippen molar-refractivity contribution in [1.29, 1.82) is 0 Å². The summed E-state index contributed by atoms with van der Waals surface area (Å²) in [6.45, 7) is 2.78. The molecule has 7 heteroatoms. The number of unbranched alkanes of at least 4 members (excludes halogenated alkanes) is 2. The molecular weight excluding hydrogens is 356 g/mol. The SMILES string of the molecule is CCCCCOc1ccn(Cc2cccc(NCC(=O)O)c2Cl)c(=O)c1. The van der Waals surface area contributed by atoms with Gasteiger partial charge in [-0.1, -0.05) is 43.5 Å². The van der Waals surface area contributed by atoms with Crippen LogP contribution in [0.25, 0.3) is 0 Å². The Morgan fingerprint density at radius 2 is 2.12 bits per heavy atom. The van der Waals surface area contributed by atoms with E-state index >= 15 is 0 Å². The molecule has 2 N–H and O–H groups in total. The predicted molar refractivity (Wildman–Crippen MR) is 102 cm³/mol. The number of carboxylic acid groups (broad SMARTS) is 1. The molecule has 6 nitrogen and oxygen atoms in total. The van der Waals surface area contributed by atoms with Crippen molar-refractivity contribution in [3.63, 3.8) is 0 Å². The zero-order chi connectivity index (χ0) is 18.9. The van der Waals surface area contributed by atoms with Crippen molar-refractivity contribution in [2.45, 2.75) is 32.7 Å². The Morgan fingerprint density at radius 3 is 2.81 bits per heavy atom. The number of halogens is 1. The third-order valence-corrected chi connectivity index (χ3v) is 4.28. The average molecular weight is 379 g/mol. The molecule has 26 heavy (non-hydrogen) atoms. The molecule has 0 bridgehead atoms. The second-order valence-corrected chi connectivity index (χ2v) is 6.29. The number of anilines is 1. The number of benzene rings is 1. The first-order chi connectivity index (χ1) is 12.5. The number of nitrogens with one attached hydrogen (secondary N) is 1. The van der Waals surface area contributed by atoms with Gasteiger partial charge in [-0.2, -0.15) is 0 Å². The number of rotatable bonds is 10. The van der Waals surface area contributed by atoms with Crippen molar-refractivity contribution < 1.29 is 14.6 Å². The highest BCUT2D eigenvalue weighted by Crippen LogP contribution is 2.26. The Bertz CT molecular complexity index is 804. The van der Waals surface area contributed by atoms with Gasteiger partial charge in [0.25, 0.3) is 5.56 Å². The summed E-state index contributed by atoms with van der Waals surface area (Å²) in [6, 6.07) is 8.49. The van der Waals surface area contributed by atoms with Crippen LogP contribution in [0.1, 0.15) is 31.7 Å². The number of nitrogens with zero attached hydrogens (tertiary/aromatic N) is 1. The Labute approximate surface area is 157 Å². The molecule has 0 amide bonds. The quantitative estimate of drug-likeness (QED) is 0.617. The third kappa shape index (κ3) is 5.81. The Balaban J connectivity index is 2.07. The highest BCUT2D eigenvalue weighted by molar-refractivity contribution is 6.34.